The number of amides is 1. The van der Waals surface area contributed by atoms with Crippen LogP contribution in [0.3, 0.4) is 0 Å². The average molecular weight is 452 g/mol. The van der Waals surface area contributed by atoms with Crippen LogP contribution in [-0.2, 0) is 21.7 Å². The average Bonchev–Trinajstić information content (AvgIpc) is 3.46. The van der Waals surface area contributed by atoms with E-state index in [1.165, 1.54) is 0 Å². The molecule has 5 aromatic rings. The van der Waals surface area contributed by atoms with Crippen molar-refractivity contribution in [1.29, 1.82) is 0 Å². The Balaban J connectivity index is 1.75. The normalized spacial score (nSPS) is 27.7. The molecule has 0 aliphatic carbocycles. The Morgan fingerprint density at radius 1 is 1.03 bits per heavy atom. The minimum absolute atomic E-state index is 0.0131. The van der Waals surface area contributed by atoms with Crippen LogP contribution in [0.25, 0.3) is 43.6 Å². The number of aromatic nitrogens is 2. The van der Waals surface area contributed by atoms with Gasteiger partial charge in [0.05, 0.1) is 27.6 Å². The molecule has 1 saturated heterocycles. The van der Waals surface area contributed by atoms with E-state index < -0.39 is 5.72 Å². The van der Waals surface area contributed by atoms with Crippen molar-refractivity contribution < 1.29 is 14.3 Å². The van der Waals surface area contributed by atoms with Crippen molar-refractivity contribution >= 4 is 49.5 Å². The number of hydrogen-bond acceptors (Lipinski definition) is 3. The first-order valence-corrected chi connectivity index (χ1v) is 12.0. The van der Waals surface area contributed by atoms with E-state index in [0.29, 0.717) is 6.54 Å². The smallest absolute Gasteiger partial charge is 0.252 e. The second kappa shape index (κ2) is 6.01. The standard InChI is InChI=1S/C28H25N3O3/c1-14-12-20-30-18-10-6-4-8-15(18)22-23-17(13-29-27(23)32)21-16-9-5-7-11-19(16)31(25(21)24(22)30)28(2,34-20)26(14)33-3/h4-11,14,20,26H,12-13H2,1-3H3,(H,29,32)/t14-,20+,26-,28+/m0/s1. The van der Waals surface area contributed by atoms with Gasteiger partial charge in [-0.3, -0.25) is 4.79 Å². The van der Waals surface area contributed by atoms with Gasteiger partial charge in [-0.05, 0) is 37.0 Å². The molecule has 6 heteroatoms. The van der Waals surface area contributed by atoms with Crippen molar-refractivity contribution in [3.05, 3.63) is 59.7 Å². The first-order chi connectivity index (χ1) is 16.5. The number of nitrogens with zero attached hydrogens (tertiary/aromatic N) is 2. The van der Waals surface area contributed by atoms with E-state index in [2.05, 4.69) is 76.8 Å². The number of para-hydroxylation sites is 2. The van der Waals surface area contributed by atoms with E-state index >= 15 is 0 Å². The molecule has 170 valence electrons. The van der Waals surface area contributed by atoms with Crippen LogP contribution < -0.4 is 5.32 Å². The van der Waals surface area contributed by atoms with Crippen LogP contribution in [0, 0.1) is 5.92 Å². The number of hydrogen-bond donors (Lipinski definition) is 1. The molecule has 6 nitrogen and oxygen atoms in total. The van der Waals surface area contributed by atoms with Gasteiger partial charge in [0.1, 0.15) is 12.3 Å². The molecule has 0 saturated carbocycles. The molecule has 4 atom stereocenters. The first kappa shape index (κ1) is 19.0. The van der Waals surface area contributed by atoms with Crippen LogP contribution in [0.5, 0.6) is 0 Å². The molecule has 1 N–H and O–H groups in total. The number of fused-ring (bicyclic) bond motifs is 13. The van der Waals surface area contributed by atoms with E-state index in [4.69, 9.17) is 9.47 Å². The third kappa shape index (κ3) is 1.93. The molecule has 2 aromatic heterocycles. The zero-order valence-electron chi connectivity index (χ0n) is 19.4. The summed E-state index contributed by atoms with van der Waals surface area (Å²) in [4.78, 5) is 13.3. The van der Waals surface area contributed by atoms with Crippen LogP contribution in [0.4, 0.5) is 0 Å². The molecular formula is C28H25N3O3. The van der Waals surface area contributed by atoms with Crippen molar-refractivity contribution in [1.82, 2.24) is 14.5 Å². The van der Waals surface area contributed by atoms with E-state index in [-0.39, 0.29) is 24.2 Å². The number of ether oxygens (including phenoxy) is 2. The largest absolute Gasteiger partial charge is 0.376 e. The van der Waals surface area contributed by atoms with Gasteiger partial charge in [-0.25, -0.2) is 0 Å². The monoisotopic (exact) mass is 451 g/mol. The molecule has 3 aromatic carbocycles. The summed E-state index contributed by atoms with van der Waals surface area (Å²) in [6, 6.07) is 16.9. The van der Waals surface area contributed by atoms with Gasteiger partial charge in [0.25, 0.3) is 5.91 Å². The minimum atomic E-state index is -0.699. The number of benzene rings is 3. The van der Waals surface area contributed by atoms with Gasteiger partial charge in [-0.1, -0.05) is 43.3 Å². The summed E-state index contributed by atoms with van der Waals surface area (Å²) in [6.45, 7) is 4.98. The highest BCUT2D eigenvalue weighted by molar-refractivity contribution is 6.31. The van der Waals surface area contributed by atoms with E-state index in [1.807, 2.05) is 0 Å². The van der Waals surface area contributed by atoms with Crippen LogP contribution in [0.2, 0.25) is 0 Å². The molecule has 5 heterocycles. The Labute approximate surface area is 196 Å². The molecule has 0 spiro atoms. The molecule has 1 fully saturated rings. The van der Waals surface area contributed by atoms with E-state index in [0.717, 1.165) is 61.2 Å². The summed E-state index contributed by atoms with van der Waals surface area (Å²) >= 11 is 0. The summed E-state index contributed by atoms with van der Waals surface area (Å²) in [7, 11) is 1.79. The van der Waals surface area contributed by atoms with Crippen molar-refractivity contribution in [2.75, 3.05) is 7.11 Å². The highest BCUT2D eigenvalue weighted by Gasteiger charge is 2.52. The molecule has 34 heavy (non-hydrogen) atoms. The lowest BCUT2D eigenvalue weighted by Crippen LogP contribution is -2.53. The zero-order chi connectivity index (χ0) is 22.9. The fraction of sp³-hybridized carbons (Fsp3) is 0.321. The summed E-state index contributed by atoms with van der Waals surface area (Å²) in [5, 5.41) is 7.58. The van der Waals surface area contributed by atoms with Gasteiger partial charge in [0, 0.05) is 35.2 Å². The number of carbonyl (C=O) groups is 1. The number of nitrogens with one attached hydrogen (secondary N) is 1. The fourth-order valence-electron chi connectivity index (χ4n) is 7.39. The first-order valence-electron chi connectivity index (χ1n) is 12.0. The van der Waals surface area contributed by atoms with Gasteiger partial charge in [0.15, 0.2) is 5.72 Å². The minimum Gasteiger partial charge on any atom is -0.376 e. The Bertz CT molecular complexity index is 1730. The summed E-state index contributed by atoms with van der Waals surface area (Å²) in [6.07, 6.45) is 0.579. The Morgan fingerprint density at radius 2 is 1.74 bits per heavy atom. The van der Waals surface area contributed by atoms with Gasteiger partial charge in [-0.15, -0.1) is 0 Å². The summed E-state index contributed by atoms with van der Waals surface area (Å²) in [5.74, 6) is 0.296. The predicted octanol–water partition coefficient (Wildman–Crippen LogP) is 5.40. The number of methoxy groups -OCH3 is 1. The highest BCUT2D eigenvalue weighted by atomic mass is 16.6. The van der Waals surface area contributed by atoms with Crippen LogP contribution in [-0.4, -0.2) is 28.3 Å². The fourth-order valence-corrected chi connectivity index (χ4v) is 7.39. The second-order valence-corrected chi connectivity index (χ2v) is 10.2. The third-order valence-electron chi connectivity index (χ3n) is 8.49. The molecule has 8 rings (SSSR count). The van der Waals surface area contributed by atoms with Crippen molar-refractivity contribution in [2.45, 2.75) is 44.9 Å². The molecule has 0 radical (unpaired) electrons. The van der Waals surface area contributed by atoms with Crippen molar-refractivity contribution in [3.63, 3.8) is 0 Å². The lowest BCUT2D eigenvalue weighted by atomic mass is 9.88. The van der Waals surface area contributed by atoms with Crippen molar-refractivity contribution in [3.8, 4) is 0 Å². The quantitative estimate of drug-likeness (QED) is 0.371. The Hall–Kier alpha value is -3.35. The SMILES string of the molecule is CO[C@H]1[C@@H](C)C[C@H]2O[C@@]1(C)n1c3ccccc3c3c4c(c5c6ccccc6n2c5c31)C(=O)NC4. The van der Waals surface area contributed by atoms with E-state index in [9.17, 15) is 4.79 Å². The van der Waals surface area contributed by atoms with Crippen molar-refractivity contribution in [2.24, 2.45) is 5.92 Å². The second-order valence-electron chi connectivity index (χ2n) is 10.2. The van der Waals surface area contributed by atoms with Crippen LogP contribution in [0.1, 0.15) is 42.4 Å². The van der Waals surface area contributed by atoms with Crippen LogP contribution in [0.15, 0.2) is 48.5 Å². The summed E-state index contributed by atoms with van der Waals surface area (Å²) in [5.41, 5.74) is 5.68. The van der Waals surface area contributed by atoms with Gasteiger partial charge < -0.3 is 23.9 Å². The maximum atomic E-state index is 13.3. The highest BCUT2D eigenvalue weighted by Crippen LogP contribution is 2.54. The van der Waals surface area contributed by atoms with Gasteiger partial charge >= 0.3 is 0 Å². The maximum absolute atomic E-state index is 13.3. The summed E-state index contributed by atoms with van der Waals surface area (Å²) < 4.78 is 17.9. The topological polar surface area (TPSA) is 57.4 Å². The van der Waals surface area contributed by atoms with Gasteiger partial charge in [0.2, 0.25) is 0 Å². The third-order valence-corrected chi connectivity index (χ3v) is 8.49. The van der Waals surface area contributed by atoms with Crippen LogP contribution >= 0.6 is 0 Å². The molecule has 3 aliphatic heterocycles. The molecular weight excluding hydrogens is 426 g/mol. The molecule has 0 unspecified atom stereocenters. The Morgan fingerprint density at radius 3 is 2.50 bits per heavy atom. The lowest BCUT2D eigenvalue weighted by molar-refractivity contribution is -0.264. The van der Waals surface area contributed by atoms with E-state index in [1.54, 1.807) is 7.11 Å². The molecule has 3 aliphatic rings. The zero-order valence-corrected chi connectivity index (χ0v) is 19.4. The number of rotatable bonds is 1. The predicted molar refractivity (Wildman–Crippen MR) is 132 cm³/mol. The maximum Gasteiger partial charge on any atom is 0.252 e. The molecule has 2 bridgehead atoms. The van der Waals surface area contributed by atoms with Gasteiger partial charge in [-0.2, -0.15) is 0 Å². The lowest BCUT2D eigenvalue weighted by Gasteiger charge is -2.47. The Kier molecular flexibility index (Phi) is 3.36. The number of carbonyl (C=O) groups excluding carboxylic acids is 1. The molecule has 1 amide bonds.